The summed E-state index contributed by atoms with van der Waals surface area (Å²) >= 11 is 0. The average molecular weight is 708 g/mol. The number of esters is 1. The van der Waals surface area contributed by atoms with E-state index in [2.05, 4.69) is 50.4 Å². The Bertz CT molecular complexity index is 1990. The number of fused-ring (bicyclic) bond motifs is 5. The Morgan fingerprint density at radius 2 is 1.58 bits per heavy atom. The highest BCUT2D eigenvalue weighted by atomic mass is 16.5. The van der Waals surface area contributed by atoms with Gasteiger partial charge in [0.15, 0.2) is 6.61 Å². The van der Waals surface area contributed by atoms with Crippen LogP contribution in [0.1, 0.15) is 88.9 Å². The minimum Gasteiger partial charge on any atom is -0.456 e. The third kappa shape index (κ3) is 5.71. The normalized spacial score (nSPS) is 34.8. The van der Waals surface area contributed by atoms with Gasteiger partial charge in [0.05, 0.1) is 18.3 Å². The van der Waals surface area contributed by atoms with Crippen LogP contribution in [0.2, 0.25) is 0 Å². The monoisotopic (exact) mass is 707 g/mol. The zero-order chi connectivity index (χ0) is 36.5. The average Bonchev–Trinajstić information content (AvgIpc) is 3.50. The summed E-state index contributed by atoms with van der Waals surface area (Å²) in [5.41, 5.74) is 0.203. The molecule has 0 saturated heterocycles. The third-order valence-corrected chi connectivity index (χ3v) is 15.0. The van der Waals surface area contributed by atoms with E-state index in [0.717, 1.165) is 70.8 Å². The second-order valence-corrected chi connectivity index (χ2v) is 17.4. The van der Waals surface area contributed by atoms with Crippen LogP contribution in [0.5, 0.6) is 0 Å². The Kier molecular flexibility index (Phi) is 9.11. The first-order chi connectivity index (χ1) is 24.9. The minimum absolute atomic E-state index is 0.0330. The number of aliphatic hydroxyl groups excluding tert-OH is 3. The fourth-order valence-electron chi connectivity index (χ4n) is 12.2. The van der Waals surface area contributed by atoms with E-state index in [0.29, 0.717) is 18.4 Å². The zero-order valence-corrected chi connectivity index (χ0v) is 30.6. The van der Waals surface area contributed by atoms with Crippen molar-refractivity contribution in [2.75, 3.05) is 13.2 Å². The lowest BCUT2D eigenvalue weighted by Gasteiger charge is -2.63. The molecule has 11 atom stereocenters. The number of benzene rings is 4. The summed E-state index contributed by atoms with van der Waals surface area (Å²) in [5, 5.41) is 42.7. The second kappa shape index (κ2) is 13.4. The molecule has 4 aliphatic carbocycles. The van der Waals surface area contributed by atoms with E-state index in [-0.39, 0.29) is 77.1 Å². The lowest BCUT2D eigenvalue weighted by atomic mass is 9.43. The molecule has 1 amide bonds. The molecule has 52 heavy (non-hydrogen) atoms. The van der Waals surface area contributed by atoms with Crippen LogP contribution in [0.4, 0.5) is 0 Å². The second-order valence-electron chi connectivity index (χ2n) is 17.4. The van der Waals surface area contributed by atoms with Gasteiger partial charge in [-0.15, -0.1) is 0 Å². The molecule has 0 spiro atoms. The maximum atomic E-state index is 13.3. The van der Waals surface area contributed by atoms with Gasteiger partial charge in [-0.25, -0.2) is 0 Å². The zero-order valence-electron chi connectivity index (χ0n) is 30.6. The van der Waals surface area contributed by atoms with Crippen molar-refractivity contribution in [3.8, 4) is 0 Å². The van der Waals surface area contributed by atoms with Gasteiger partial charge in [-0.1, -0.05) is 75.4 Å². The Labute approximate surface area is 305 Å². The molecule has 276 valence electrons. The molecular weight excluding hydrogens is 654 g/mol. The molecular formula is C44H53NO7. The number of ether oxygens (including phenoxy) is 1. The van der Waals surface area contributed by atoms with Crippen molar-refractivity contribution in [1.82, 2.24) is 5.32 Å². The molecule has 0 bridgehead atoms. The Balaban J connectivity index is 0.842. The number of amides is 1. The summed E-state index contributed by atoms with van der Waals surface area (Å²) in [6.45, 7) is 6.02. The first kappa shape index (κ1) is 35.4. The topological polar surface area (TPSA) is 133 Å². The van der Waals surface area contributed by atoms with Crippen molar-refractivity contribution in [1.29, 1.82) is 0 Å². The smallest absolute Gasteiger partial charge is 0.325 e. The van der Waals surface area contributed by atoms with Gasteiger partial charge in [0.2, 0.25) is 11.7 Å². The predicted molar refractivity (Wildman–Crippen MR) is 201 cm³/mol. The number of rotatable bonds is 9. The van der Waals surface area contributed by atoms with Crippen molar-refractivity contribution in [2.24, 2.45) is 46.3 Å². The molecule has 0 heterocycles. The van der Waals surface area contributed by atoms with Gasteiger partial charge in [-0.05, 0) is 130 Å². The number of carbonyl (C=O) groups excluding carboxylic acids is 3. The molecule has 8 nitrogen and oxygen atoms in total. The van der Waals surface area contributed by atoms with Gasteiger partial charge >= 0.3 is 5.97 Å². The van der Waals surface area contributed by atoms with Crippen LogP contribution < -0.4 is 5.32 Å². The Morgan fingerprint density at radius 3 is 2.35 bits per heavy atom. The SMILES string of the molecule is C[C@H](CCC(=O)NCC(=O)OCC(=O)c1ccc2ccc3cccc4ccc1c2c34)[C@H]1CC[C@H]2[C@@H]3[C@H](O)C[C@@H]4C[C@H](O)CC[C@]4(C)[C@H]3C[C@H](O)[C@]12C. The number of carbonyl (C=O) groups is 3. The van der Waals surface area contributed by atoms with Crippen LogP contribution in [0.15, 0.2) is 54.6 Å². The lowest BCUT2D eigenvalue weighted by Crippen LogP contribution is -2.62. The maximum absolute atomic E-state index is 13.3. The largest absolute Gasteiger partial charge is 0.456 e. The summed E-state index contributed by atoms with van der Waals surface area (Å²) in [6.07, 6.45) is 5.53. The number of ketones is 1. The standard InChI is InChI=1S/C44H53NO7/c1-24(32-14-15-33-42-34(21-37(49)44(32,33)3)43(2)18-17-29(46)19-28(43)20-35(42)47)7-16-38(50)45-22-39(51)52-23-36(48)30-12-10-27-9-8-25-5-4-6-26-11-13-31(30)41(27)40(25)26/h4-6,8-13,24,28-29,32-35,37,42,46-47,49H,7,14-23H2,1-3H3,(H,45,50)/t24-,28+,29-,32-,33+,34+,35-,37+,42+,43+,44-/m1/s1. The van der Waals surface area contributed by atoms with E-state index in [1.165, 1.54) is 0 Å². The van der Waals surface area contributed by atoms with Crippen LogP contribution in [0.3, 0.4) is 0 Å². The quantitative estimate of drug-likeness (QED) is 0.0854. The number of hydrogen-bond donors (Lipinski definition) is 4. The number of hydrogen-bond acceptors (Lipinski definition) is 7. The van der Waals surface area contributed by atoms with Gasteiger partial charge in [0, 0.05) is 12.0 Å². The molecule has 4 aromatic rings. The predicted octanol–water partition coefficient (Wildman–Crippen LogP) is 6.80. The molecule has 0 aromatic heterocycles. The van der Waals surface area contributed by atoms with E-state index in [9.17, 15) is 29.7 Å². The van der Waals surface area contributed by atoms with E-state index < -0.39 is 24.8 Å². The maximum Gasteiger partial charge on any atom is 0.325 e. The summed E-state index contributed by atoms with van der Waals surface area (Å²) in [7, 11) is 0. The molecule has 8 rings (SSSR count). The van der Waals surface area contributed by atoms with Gasteiger partial charge in [-0.3, -0.25) is 14.4 Å². The summed E-state index contributed by atoms with van der Waals surface area (Å²) in [4.78, 5) is 38.8. The molecule has 0 unspecified atom stereocenters. The van der Waals surface area contributed by atoms with Crippen LogP contribution in [0, 0.1) is 46.3 Å². The summed E-state index contributed by atoms with van der Waals surface area (Å²) in [5.74, 6) is 0.114. The molecule has 4 saturated carbocycles. The highest BCUT2D eigenvalue weighted by molar-refractivity contribution is 6.26. The molecule has 0 radical (unpaired) electrons. The highest BCUT2D eigenvalue weighted by Crippen LogP contribution is 2.68. The van der Waals surface area contributed by atoms with Crippen molar-refractivity contribution in [3.63, 3.8) is 0 Å². The van der Waals surface area contributed by atoms with Crippen molar-refractivity contribution < 1.29 is 34.4 Å². The Morgan fingerprint density at radius 1 is 0.865 bits per heavy atom. The van der Waals surface area contributed by atoms with Crippen LogP contribution in [0.25, 0.3) is 32.3 Å². The molecule has 0 aliphatic heterocycles. The van der Waals surface area contributed by atoms with Gasteiger partial charge < -0.3 is 25.4 Å². The van der Waals surface area contributed by atoms with Crippen molar-refractivity contribution in [2.45, 2.75) is 96.9 Å². The van der Waals surface area contributed by atoms with Crippen LogP contribution in [-0.2, 0) is 14.3 Å². The molecule has 4 N–H and O–H groups in total. The van der Waals surface area contributed by atoms with Gasteiger partial charge in [0.25, 0.3) is 0 Å². The first-order valence-corrected chi connectivity index (χ1v) is 19.6. The highest BCUT2D eigenvalue weighted by Gasteiger charge is 2.65. The summed E-state index contributed by atoms with van der Waals surface area (Å²) < 4.78 is 5.32. The van der Waals surface area contributed by atoms with E-state index >= 15 is 0 Å². The van der Waals surface area contributed by atoms with Crippen molar-refractivity contribution in [3.05, 3.63) is 60.2 Å². The molecule has 8 heteroatoms. The summed E-state index contributed by atoms with van der Waals surface area (Å²) in [6, 6.07) is 18.0. The van der Waals surface area contributed by atoms with Gasteiger partial charge in [-0.2, -0.15) is 0 Å². The number of Topliss-reactive ketones (excluding diaryl/α,β-unsaturated/α-hetero) is 1. The van der Waals surface area contributed by atoms with Crippen LogP contribution >= 0.6 is 0 Å². The van der Waals surface area contributed by atoms with Crippen molar-refractivity contribution >= 4 is 50.0 Å². The van der Waals surface area contributed by atoms with E-state index in [1.54, 1.807) is 6.07 Å². The lowest BCUT2D eigenvalue weighted by molar-refractivity contribution is -0.207. The first-order valence-electron chi connectivity index (χ1n) is 19.6. The minimum atomic E-state index is -0.659. The molecule has 4 aliphatic rings. The molecule has 4 aromatic carbocycles. The van der Waals surface area contributed by atoms with E-state index in [4.69, 9.17) is 4.74 Å². The van der Waals surface area contributed by atoms with E-state index in [1.807, 2.05) is 24.3 Å². The van der Waals surface area contributed by atoms with Crippen LogP contribution in [-0.4, -0.2) is 64.4 Å². The van der Waals surface area contributed by atoms with Gasteiger partial charge in [0.1, 0.15) is 6.54 Å². The third-order valence-electron chi connectivity index (χ3n) is 15.0. The fraction of sp³-hybridized carbons (Fsp3) is 0.568. The number of nitrogens with one attached hydrogen (secondary N) is 1. The molecule has 4 fully saturated rings. The Hall–Kier alpha value is -3.59. The fourth-order valence-corrected chi connectivity index (χ4v) is 12.2. The number of aliphatic hydroxyl groups is 3.